The average molecular weight is 520 g/mol. The summed E-state index contributed by atoms with van der Waals surface area (Å²) in [7, 11) is 1.75. The highest BCUT2D eigenvalue weighted by atomic mass is 16.5. The molecule has 4 heterocycles. The fourth-order valence-corrected chi connectivity index (χ4v) is 6.63. The second kappa shape index (κ2) is 12.9. The largest absolute Gasteiger partial charge is 0.495 e. The normalized spacial score (nSPS) is 23.9. The number of para-hydroxylation sites is 2. The van der Waals surface area contributed by atoms with E-state index >= 15 is 0 Å². The van der Waals surface area contributed by atoms with Gasteiger partial charge in [-0.05, 0) is 61.8 Å². The molecule has 0 unspecified atom stereocenters. The molecule has 3 aliphatic rings. The number of nitrogens with zero attached hydrogens (tertiary/aromatic N) is 5. The van der Waals surface area contributed by atoms with E-state index in [0.717, 1.165) is 102 Å². The van der Waals surface area contributed by atoms with Gasteiger partial charge in [-0.1, -0.05) is 25.1 Å². The van der Waals surface area contributed by atoms with Crippen LogP contribution in [-0.4, -0.2) is 91.1 Å². The fraction of sp³-hybridized carbons (Fsp3) is 0.613. The van der Waals surface area contributed by atoms with Crippen molar-refractivity contribution in [1.29, 1.82) is 0 Å². The van der Waals surface area contributed by atoms with Crippen molar-refractivity contribution in [2.75, 3.05) is 64.4 Å². The highest BCUT2D eigenvalue weighted by molar-refractivity contribution is 5.76. The van der Waals surface area contributed by atoms with Gasteiger partial charge in [0.1, 0.15) is 5.75 Å². The number of hydrogen-bond donors (Lipinski definition) is 0. The zero-order valence-electron chi connectivity index (χ0n) is 23.3. The summed E-state index contributed by atoms with van der Waals surface area (Å²) in [5.41, 5.74) is 2.33. The molecule has 1 aromatic heterocycles. The Hall–Kier alpha value is -2.64. The molecule has 0 saturated carbocycles. The molecule has 7 nitrogen and oxygen atoms in total. The van der Waals surface area contributed by atoms with Crippen LogP contribution in [0.3, 0.4) is 0 Å². The Morgan fingerprint density at radius 3 is 2.45 bits per heavy atom. The number of piperidine rings is 2. The van der Waals surface area contributed by atoms with E-state index in [4.69, 9.17) is 4.74 Å². The smallest absolute Gasteiger partial charge is 0.222 e. The lowest BCUT2D eigenvalue weighted by Crippen LogP contribution is -2.56. The van der Waals surface area contributed by atoms with E-state index in [2.05, 4.69) is 61.8 Å². The number of piperazine rings is 1. The summed E-state index contributed by atoms with van der Waals surface area (Å²) in [6.07, 6.45) is 6.98. The molecule has 0 N–H and O–H groups in total. The van der Waals surface area contributed by atoms with Gasteiger partial charge in [-0.2, -0.15) is 0 Å². The van der Waals surface area contributed by atoms with Crippen LogP contribution in [0, 0.1) is 11.8 Å². The monoisotopic (exact) mass is 519 g/mol. The second-order valence-corrected chi connectivity index (χ2v) is 11.5. The first-order chi connectivity index (χ1) is 18.6. The lowest BCUT2D eigenvalue weighted by Gasteiger charge is -2.47. The van der Waals surface area contributed by atoms with Crippen LogP contribution in [0.25, 0.3) is 0 Å². The van der Waals surface area contributed by atoms with Crippen molar-refractivity contribution in [2.24, 2.45) is 11.8 Å². The molecular weight excluding hydrogens is 474 g/mol. The molecule has 38 heavy (non-hydrogen) atoms. The van der Waals surface area contributed by atoms with Crippen molar-refractivity contribution >= 4 is 11.6 Å². The predicted molar refractivity (Wildman–Crippen MR) is 152 cm³/mol. The molecule has 206 valence electrons. The van der Waals surface area contributed by atoms with Gasteiger partial charge in [-0.25, -0.2) is 0 Å². The van der Waals surface area contributed by atoms with Crippen LogP contribution < -0.4 is 9.64 Å². The molecule has 3 aliphatic heterocycles. The number of methoxy groups -OCH3 is 1. The fourth-order valence-electron chi connectivity index (χ4n) is 6.63. The minimum Gasteiger partial charge on any atom is -0.495 e. The number of rotatable bonds is 8. The van der Waals surface area contributed by atoms with Gasteiger partial charge in [-0.3, -0.25) is 19.6 Å². The number of carbonyl (C=O) groups is 1. The summed E-state index contributed by atoms with van der Waals surface area (Å²) in [5, 5.41) is 0. The number of anilines is 1. The quantitative estimate of drug-likeness (QED) is 0.523. The van der Waals surface area contributed by atoms with E-state index < -0.39 is 0 Å². The molecule has 1 aromatic carbocycles. The van der Waals surface area contributed by atoms with Gasteiger partial charge in [0, 0.05) is 77.6 Å². The van der Waals surface area contributed by atoms with Gasteiger partial charge < -0.3 is 14.5 Å². The Morgan fingerprint density at radius 2 is 1.71 bits per heavy atom. The van der Waals surface area contributed by atoms with E-state index in [1.54, 1.807) is 7.11 Å². The molecule has 0 aliphatic carbocycles. The molecule has 1 amide bonds. The zero-order valence-corrected chi connectivity index (χ0v) is 23.3. The SMILES string of the molecule is COc1ccccc1N1CCN([C@@H]2CCN(Cc3ccccn3)C[C@@H]2CCC(=O)N2CCC(C)CC2)CC1. The summed E-state index contributed by atoms with van der Waals surface area (Å²) < 4.78 is 5.63. The van der Waals surface area contributed by atoms with Crippen molar-refractivity contribution in [3.63, 3.8) is 0 Å². The first kappa shape index (κ1) is 26.9. The maximum atomic E-state index is 13.1. The van der Waals surface area contributed by atoms with E-state index in [9.17, 15) is 4.79 Å². The summed E-state index contributed by atoms with van der Waals surface area (Å²) in [4.78, 5) is 27.6. The molecule has 3 saturated heterocycles. The van der Waals surface area contributed by atoms with Crippen molar-refractivity contribution in [1.82, 2.24) is 19.7 Å². The first-order valence-electron chi connectivity index (χ1n) is 14.6. The number of likely N-dealkylation sites (tertiary alicyclic amines) is 2. The van der Waals surface area contributed by atoms with Gasteiger partial charge in [0.05, 0.1) is 18.5 Å². The predicted octanol–water partition coefficient (Wildman–Crippen LogP) is 4.14. The topological polar surface area (TPSA) is 52.2 Å². The highest BCUT2D eigenvalue weighted by Gasteiger charge is 2.35. The Kier molecular flexibility index (Phi) is 9.18. The van der Waals surface area contributed by atoms with Crippen molar-refractivity contribution < 1.29 is 9.53 Å². The van der Waals surface area contributed by atoms with Crippen LogP contribution >= 0.6 is 0 Å². The number of carbonyl (C=O) groups excluding carboxylic acids is 1. The summed E-state index contributed by atoms with van der Waals surface area (Å²) in [6.45, 7) is 11.3. The standard InChI is InChI=1S/C31H45N5O2/c1-25-12-17-36(18-13-25)31(37)11-10-26-23-33(24-27-7-5-6-15-32-27)16-14-28(26)34-19-21-35(22-20-34)29-8-3-4-9-30(29)38-2/h3-9,15,25-26,28H,10-14,16-24H2,1-2H3/t26-,28+/m0/s1. The van der Waals surface area contributed by atoms with Crippen molar-refractivity contribution in [2.45, 2.75) is 51.6 Å². The number of hydrogen-bond acceptors (Lipinski definition) is 6. The second-order valence-electron chi connectivity index (χ2n) is 11.5. The van der Waals surface area contributed by atoms with Gasteiger partial charge in [0.2, 0.25) is 5.91 Å². The van der Waals surface area contributed by atoms with E-state index in [0.29, 0.717) is 24.3 Å². The maximum Gasteiger partial charge on any atom is 0.222 e. The lowest BCUT2D eigenvalue weighted by atomic mass is 9.86. The molecule has 0 spiro atoms. The van der Waals surface area contributed by atoms with Gasteiger partial charge in [0.15, 0.2) is 0 Å². The first-order valence-corrected chi connectivity index (χ1v) is 14.6. The maximum absolute atomic E-state index is 13.1. The van der Waals surface area contributed by atoms with Gasteiger partial charge in [0.25, 0.3) is 0 Å². The Bertz CT molecular complexity index is 1020. The summed E-state index contributed by atoms with van der Waals surface area (Å²) in [6, 6.07) is 15.1. The number of benzene rings is 1. The molecule has 2 atom stereocenters. The number of pyridine rings is 1. The van der Waals surface area contributed by atoms with Crippen LogP contribution in [-0.2, 0) is 11.3 Å². The van der Waals surface area contributed by atoms with Crippen molar-refractivity contribution in [3.8, 4) is 5.75 Å². The third-order valence-corrected chi connectivity index (χ3v) is 8.96. The zero-order chi connectivity index (χ0) is 26.3. The molecule has 0 bridgehead atoms. The molecule has 0 radical (unpaired) electrons. The molecule has 7 heteroatoms. The third kappa shape index (κ3) is 6.67. The molecule has 2 aromatic rings. The summed E-state index contributed by atoms with van der Waals surface area (Å²) in [5.74, 6) is 2.56. The Morgan fingerprint density at radius 1 is 0.947 bits per heavy atom. The van der Waals surface area contributed by atoms with Crippen LogP contribution in [0.4, 0.5) is 5.69 Å². The minimum atomic E-state index is 0.360. The third-order valence-electron chi connectivity index (χ3n) is 8.96. The lowest BCUT2D eigenvalue weighted by molar-refractivity contribution is -0.133. The molecular formula is C31H45N5O2. The Labute approximate surface area is 228 Å². The van der Waals surface area contributed by atoms with Crippen molar-refractivity contribution in [3.05, 3.63) is 54.4 Å². The number of ether oxygens (including phenoxy) is 1. The van der Waals surface area contributed by atoms with Gasteiger partial charge >= 0.3 is 0 Å². The van der Waals surface area contributed by atoms with Crippen LogP contribution in [0.1, 0.15) is 44.7 Å². The van der Waals surface area contributed by atoms with E-state index in [1.807, 2.05) is 18.3 Å². The highest BCUT2D eigenvalue weighted by Crippen LogP contribution is 2.32. The van der Waals surface area contributed by atoms with Crippen LogP contribution in [0.5, 0.6) is 5.75 Å². The van der Waals surface area contributed by atoms with E-state index in [-0.39, 0.29) is 0 Å². The molecule has 5 rings (SSSR count). The Balaban J connectivity index is 1.22. The van der Waals surface area contributed by atoms with E-state index in [1.165, 1.54) is 5.69 Å². The summed E-state index contributed by atoms with van der Waals surface area (Å²) >= 11 is 0. The number of aromatic nitrogens is 1. The van der Waals surface area contributed by atoms with Crippen LogP contribution in [0.15, 0.2) is 48.7 Å². The minimum absolute atomic E-state index is 0.360. The van der Waals surface area contributed by atoms with Gasteiger partial charge in [-0.15, -0.1) is 0 Å². The average Bonchev–Trinajstić information content (AvgIpc) is 2.97. The van der Waals surface area contributed by atoms with Crippen LogP contribution in [0.2, 0.25) is 0 Å². The number of amides is 1. The molecule has 3 fully saturated rings.